The maximum absolute atomic E-state index is 10.3. The molecule has 2 aromatic carbocycles. The summed E-state index contributed by atoms with van der Waals surface area (Å²) in [5.41, 5.74) is 2.45. The van der Waals surface area contributed by atoms with Gasteiger partial charge in [-0.15, -0.1) is 0 Å². The van der Waals surface area contributed by atoms with Crippen LogP contribution >= 0.6 is 11.6 Å². The van der Waals surface area contributed by atoms with Gasteiger partial charge in [0.05, 0.1) is 0 Å². The van der Waals surface area contributed by atoms with Gasteiger partial charge in [-0.2, -0.15) is 0 Å². The Morgan fingerprint density at radius 3 is 2.59 bits per heavy atom. The quantitative estimate of drug-likeness (QED) is 0.683. The number of H-pyrrole nitrogens is 1. The van der Waals surface area contributed by atoms with E-state index < -0.39 is 6.10 Å². The summed E-state index contributed by atoms with van der Waals surface area (Å²) in [6, 6.07) is 15.7. The number of halogens is 1. The van der Waals surface area contributed by atoms with Gasteiger partial charge in [0.15, 0.2) is 0 Å². The number of hydrogen-bond donors (Lipinski definition) is 2. The Labute approximate surface area is 164 Å². The molecule has 0 aliphatic carbocycles. The van der Waals surface area contributed by atoms with Crippen LogP contribution in [0, 0.1) is 0 Å². The Morgan fingerprint density at radius 1 is 1.04 bits per heavy atom. The molecule has 1 aliphatic heterocycles. The van der Waals surface area contributed by atoms with E-state index in [0.717, 1.165) is 31.9 Å². The zero-order chi connectivity index (χ0) is 18.6. The number of piperazine rings is 1. The number of aromatic amines is 1. The van der Waals surface area contributed by atoms with E-state index >= 15 is 0 Å². The SMILES string of the molecule is OC(COc1ccc(Cl)cc1)CN1CCN(c2cccc3[nH]ccc23)CC1. The van der Waals surface area contributed by atoms with Crippen LogP contribution in [0.25, 0.3) is 10.9 Å². The number of β-amino-alcohol motifs (C(OH)–C–C–N with tert-alkyl or cyclic N) is 1. The summed E-state index contributed by atoms with van der Waals surface area (Å²) >= 11 is 5.87. The van der Waals surface area contributed by atoms with Crippen LogP contribution in [0.2, 0.25) is 5.02 Å². The van der Waals surface area contributed by atoms with Gasteiger partial charge in [0, 0.05) is 60.5 Å². The molecule has 1 atom stereocenters. The van der Waals surface area contributed by atoms with E-state index in [9.17, 15) is 5.11 Å². The molecule has 6 heteroatoms. The minimum Gasteiger partial charge on any atom is -0.491 e. The second-order valence-corrected chi connectivity index (χ2v) is 7.36. The third-order valence-corrected chi connectivity index (χ3v) is 5.26. The summed E-state index contributed by atoms with van der Waals surface area (Å²) in [5, 5.41) is 12.2. The van der Waals surface area contributed by atoms with Gasteiger partial charge < -0.3 is 19.7 Å². The fourth-order valence-electron chi connectivity index (χ4n) is 3.59. The number of aliphatic hydroxyl groups excluding tert-OH is 1. The maximum Gasteiger partial charge on any atom is 0.119 e. The van der Waals surface area contributed by atoms with Crippen molar-refractivity contribution in [3.05, 3.63) is 59.8 Å². The Bertz CT molecular complexity index is 873. The van der Waals surface area contributed by atoms with Gasteiger partial charge in [-0.3, -0.25) is 4.90 Å². The van der Waals surface area contributed by atoms with Crippen molar-refractivity contribution in [3.8, 4) is 5.75 Å². The van der Waals surface area contributed by atoms with Gasteiger partial charge in [-0.1, -0.05) is 17.7 Å². The predicted octanol–water partition coefficient (Wildman–Crippen LogP) is 3.38. The van der Waals surface area contributed by atoms with Crippen LogP contribution in [-0.4, -0.2) is 60.4 Å². The largest absolute Gasteiger partial charge is 0.491 e. The third kappa shape index (κ3) is 4.38. The highest BCUT2D eigenvalue weighted by Gasteiger charge is 2.21. The molecule has 0 radical (unpaired) electrons. The number of aromatic nitrogens is 1. The highest BCUT2D eigenvalue weighted by Crippen LogP contribution is 2.27. The molecule has 142 valence electrons. The maximum atomic E-state index is 10.3. The normalized spacial score (nSPS) is 16.6. The number of benzene rings is 2. The summed E-state index contributed by atoms with van der Waals surface area (Å²) in [4.78, 5) is 7.99. The summed E-state index contributed by atoms with van der Waals surface area (Å²) in [6.45, 7) is 4.67. The summed E-state index contributed by atoms with van der Waals surface area (Å²) in [7, 11) is 0. The minimum absolute atomic E-state index is 0.282. The molecule has 0 spiro atoms. The van der Waals surface area contributed by atoms with Crippen LogP contribution in [0.3, 0.4) is 0 Å². The van der Waals surface area contributed by atoms with Crippen molar-refractivity contribution in [2.45, 2.75) is 6.10 Å². The van der Waals surface area contributed by atoms with E-state index in [-0.39, 0.29) is 6.61 Å². The zero-order valence-corrected chi connectivity index (χ0v) is 15.9. The van der Waals surface area contributed by atoms with Crippen LogP contribution < -0.4 is 9.64 Å². The molecule has 0 saturated carbocycles. The Kier molecular flexibility index (Phi) is 5.53. The van der Waals surface area contributed by atoms with E-state index in [1.165, 1.54) is 16.6 Å². The van der Waals surface area contributed by atoms with Crippen molar-refractivity contribution in [2.75, 3.05) is 44.2 Å². The molecule has 1 saturated heterocycles. The minimum atomic E-state index is -0.514. The van der Waals surface area contributed by atoms with E-state index in [1.54, 1.807) is 12.1 Å². The van der Waals surface area contributed by atoms with E-state index in [2.05, 4.69) is 39.0 Å². The molecule has 4 rings (SSSR count). The molecule has 27 heavy (non-hydrogen) atoms. The molecular weight excluding hydrogens is 362 g/mol. The number of fused-ring (bicyclic) bond motifs is 1. The highest BCUT2D eigenvalue weighted by atomic mass is 35.5. The summed E-state index contributed by atoms with van der Waals surface area (Å²) in [5.74, 6) is 0.725. The zero-order valence-electron chi connectivity index (χ0n) is 15.1. The van der Waals surface area contributed by atoms with E-state index in [1.807, 2.05) is 18.3 Å². The van der Waals surface area contributed by atoms with Gasteiger partial charge in [0.1, 0.15) is 18.5 Å². The number of rotatable bonds is 6. The van der Waals surface area contributed by atoms with Crippen molar-refractivity contribution in [3.63, 3.8) is 0 Å². The fourth-order valence-corrected chi connectivity index (χ4v) is 3.72. The highest BCUT2D eigenvalue weighted by molar-refractivity contribution is 6.30. The first-order chi connectivity index (χ1) is 13.2. The van der Waals surface area contributed by atoms with Crippen LogP contribution in [0.15, 0.2) is 54.7 Å². The van der Waals surface area contributed by atoms with Gasteiger partial charge in [-0.05, 0) is 42.5 Å². The molecule has 2 N–H and O–H groups in total. The van der Waals surface area contributed by atoms with Crippen molar-refractivity contribution in [2.24, 2.45) is 0 Å². The average Bonchev–Trinajstić information content (AvgIpc) is 3.17. The first-order valence-electron chi connectivity index (χ1n) is 9.29. The Hall–Kier alpha value is -2.21. The lowest BCUT2D eigenvalue weighted by atomic mass is 10.1. The molecule has 0 amide bonds. The van der Waals surface area contributed by atoms with Crippen LogP contribution in [0.1, 0.15) is 0 Å². The predicted molar refractivity (Wildman–Crippen MR) is 110 cm³/mol. The van der Waals surface area contributed by atoms with Crippen LogP contribution in [-0.2, 0) is 0 Å². The lowest BCUT2D eigenvalue weighted by Crippen LogP contribution is -2.49. The second kappa shape index (κ2) is 8.21. The first kappa shape index (κ1) is 18.2. The number of hydrogen-bond acceptors (Lipinski definition) is 4. The molecule has 0 bridgehead atoms. The smallest absolute Gasteiger partial charge is 0.119 e. The van der Waals surface area contributed by atoms with Crippen LogP contribution in [0.4, 0.5) is 5.69 Å². The van der Waals surface area contributed by atoms with Crippen molar-refractivity contribution in [1.82, 2.24) is 9.88 Å². The molecular formula is C21H24ClN3O2. The van der Waals surface area contributed by atoms with Crippen molar-refractivity contribution in [1.29, 1.82) is 0 Å². The molecule has 1 unspecified atom stereocenters. The van der Waals surface area contributed by atoms with Crippen molar-refractivity contribution < 1.29 is 9.84 Å². The number of ether oxygens (including phenoxy) is 1. The Morgan fingerprint density at radius 2 is 1.81 bits per heavy atom. The molecule has 1 aromatic heterocycles. The number of nitrogens with one attached hydrogen (secondary N) is 1. The van der Waals surface area contributed by atoms with Crippen LogP contribution in [0.5, 0.6) is 5.75 Å². The van der Waals surface area contributed by atoms with Gasteiger partial charge in [-0.25, -0.2) is 0 Å². The Balaban J connectivity index is 1.26. The van der Waals surface area contributed by atoms with E-state index in [0.29, 0.717) is 11.6 Å². The fraction of sp³-hybridized carbons (Fsp3) is 0.333. The average molecular weight is 386 g/mol. The molecule has 1 aliphatic rings. The molecule has 2 heterocycles. The molecule has 3 aromatic rings. The van der Waals surface area contributed by atoms with Gasteiger partial charge in [0.25, 0.3) is 0 Å². The number of anilines is 1. The second-order valence-electron chi connectivity index (χ2n) is 6.92. The topological polar surface area (TPSA) is 51.7 Å². The first-order valence-corrected chi connectivity index (χ1v) is 9.67. The number of aliphatic hydroxyl groups is 1. The molecule has 5 nitrogen and oxygen atoms in total. The van der Waals surface area contributed by atoms with Crippen molar-refractivity contribution >= 4 is 28.2 Å². The standard InChI is InChI=1S/C21H24ClN3O2/c22-16-4-6-18(7-5-16)27-15-17(26)14-24-10-12-25(13-11-24)21-3-1-2-20-19(21)8-9-23-20/h1-9,17,23,26H,10-15H2. The lowest BCUT2D eigenvalue weighted by Gasteiger charge is -2.37. The van der Waals surface area contributed by atoms with Gasteiger partial charge >= 0.3 is 0 Å². The third-order valence-electron chi connectivity index (χ3n) is 5.01. The molecule has 1 fully saturated rings. The number of nitrogens with zero attached hydrogens (tertiary/aromatic N) is 2. The van der Waals surface area contributed by atoms with E-state index in [4.69, 9.17) is 16.3 Å². The van der Waals surface area contributed by atoms with Gasteiger partial charge in [0.2, 0.25) is 0 Å². The summed E-state index contributed by atoms with van der Waals surface area (Å²) in [6.07, 6.45) is 1.47. The monoisotopic (exact) mass is 385 g/mol. The lowest BCUT2D eigenvalue weighted by molar-refractivity contribution is 0.0663. The summed E-state index contributed by atoms with van der Waals surface area (Å²) < 4.78 is 5.64.